The zero-order valence-corrected chi connectivity index (χ0v) is 19.4. The first-order chi connectivity index (χ1) is 16.3. The number of aromatic nitrogens is 2. The normalized spacial score (nSPS) is 16.6. The molecule has 3 aromatic rings. The molecule has 0 aliphatic carbocycles. The monoisotopic (exact) mass is 483 g/mol. The Hall–Kier alpha value is -3.57. The van der Waals surface area contributed by atoms with Crippen molar-refractivity contribution in [3.63, 3.8) is 0 Å². The number of hydrogen-bond donors (Lipinski definition) is 2. The standard InChI is InChI=1S/C23H25N5O5S/c1-2-28-23(31)18-11-7-6-10-17(18)19(26-28)21(29)24-25-22(30)20(16-8-4-3-5-9-16)27-12-14-34(32,33)15-13-27/h3-11,20H,2,12-15H2,1H3,(H,24,29)(H,25,30). The van der Waals surface area contributed by atoms with Gasteiger partial charge < -0.3 is 0 Å². The second kappa shape index (κ2) is 9.74. The average Bonchev–Trinajstić information content (AvgIpc) is 2.85. The Labute approximate surface area is 196 Å². The molecule has 1 fully saturated rings. The van der Waals surface area contributed by atoms with E-state index < -0.39 is 27.7 Å². The summed E-state index contributed by atoms with van der Waals surface area (Å²) in [5, 5.41) is 4.90. The van der Waals surface area contributed by atoms with Crippen LogP contribution in [0.25, 0.3) is 10.8 Å². The van der Waals surface area contributed by atoms with Crippen molar-refractivity contribution < 1.29 is 18.0 Å². The molecule has 2 N–H and O–H groups in total. The van der Waals surface area contributed by atoms with Gasteiger partial charge in [-0.3, -0.25) is 30.1 Å². The highest BCUT2D eigenvalue weighted by molar-refractivity contribution is 7.91. The van der Waals surface area contributed by atoms with Crippen molar-refractivity contribution in [3.8, 4) is 0 Å². The van der Waals surface area contributed by atoms with Gasteiger partial charge in [0.05, 0.1) is 16.9 Å². The Morgan fingerprint density at radius 2 is 1.59 bits per heavy atom. The summed E-state index contributed by atoms with van der Waals surface area (Å²) in [4.78, 5) is 40.5. The minimum Gasteiger partial charge on any atom is -0.286 e. The number of hydrazine groups is 1. The Kier molecular flexibility index (Phi) is 6.75. The summed E-state index contributed by atoms with van der Waals surface area (Å²) in [6.07, 6.45) is 0. The van der Waals surface area contributed by atoms with E-state index in [2.05, 4.69) is 16.0 Å². The Morgan fingerprint density at radius 1 is 0.971 bits per heavy atom. The molecule has 0 saturated carbocycles. The predicted molar refractivity (Wildman–Crippen MR) is 127 cm³/mol. The Balaban J connectivity index is 1.57. The van der Waals surface area contributed by atoms with Crippen molar-refractivity contribution in [3.05, 3.63) is 76.2 Å². The number of carbonyl (C=O) groups excluding carboxylic acids is 2. The number of carbonyl (C=O) groups is 2. The van der Waals surface area contributed by atoms with Crippen LogP contribution in [-0.4, -0.2) is 59.5 Å². The van der Waals surface area contributed by atoms with Crippen LogP contribution in [0, 0.1) is 0 Å². The number of nitrogens with zero attached hydrogens (tertiary/aromatic N) is 3. The van der Waals surface area contributed by atoms with E-state index in [1.807, 2.05) is 6.07 Å². The van der Waals surface area contributed by atoms with Crippen LogP contribution >= 0.6 is 0 Å². The minimum absolute atomic E-state index is 0.0117. The first kappa shape index (κ1) is 23.6. The zero-order chi connectivity index (χ0) is 24.3. The summed E-state index contributed by atoms with van der Waals surface area (Å²) in [6, 6.07) is 14.8. The fourth-order valence-electron chi connectivity index (χ4n) is 4.01. The van der Waals surface area contributed by atoms with Gasteiger partial charge in [0.25, 0.3) is 17.4 Å². The summed E-state index contributed by atoms with van der Waals surface area (Å²) in [5.41, 5.74) is 5.25. The summed E-state index contributed by atoms with van der Waals surface area (Å²) in [5.74, 6) is -1.25. The van der Waals surface area contributed by atoms with E-state index in [9.17, 15) is 22.8 Å². The van der Waals surface area contributed by atoms with Crippen molar-refractivity contribution in [2.75, 3.05) is 24.6 Å². The molecule has 0 radical (unpaired) electrons. The van der Waals surface area contributed by atoms with Crippen molar-refractivity contribution >= 4 is 32.4 Å². The highest BCUT2D eigenvalue weighted by Gasteiger charge is 2.33. The number of rotatable bonds is 5. The molecule has 2 amide bonds. The van der Waals surface area contributed by atoms with Gasteiger partial charge in [-0.25, -0.2) is 13.1 Å². The number of aryl methyl sites for hydroxylation is 1. The molecule has 1 aliphatic heterocycles. The fraction of sp³-hybridized carbons (Fsp3) is 0.304. The second-order valence-corrected chi connectivity index (χ2v) is 10.3. The molecular formula is C23H25N5O5S. The van der Waals surface area contributed by atoms with E-state index in [4.69, 9.17) is 0 Å². The molecule has 2 heterocycles. The van der Waals surface area contributed by atoms with Crippen molar-refractivity contribution in [2.45, 2.75) is 19.5 Å². The summed E-state index contributed by atoms with van der Waals surface area (Å²) in [6.45, 7) is 2.44. The molecule has 0 spiro atoms. The third-order valence-corrected chi connectivity index (χ3v) is 7.40. The maximum atomic E-state index is 13.2. The molecular weight excluding hydrogens is 458 g/mol. The molecule has 1 atom stereocenters. The van der Waals surface area contributed by atoms with E-state index in [-0.39, 0.29) is 42.4 Å². The number of sulfone groups is 1. The second-order valence-electron chi connectivity index (χ2n) is 7.96. The number of nitrogens with one attached hydrogen (secondary N) is 2. The smallest absolute Gasteiger partial charge is 0.286 e. The van der Waals surface area contributed by atoms with Gasteiger partial charge in [-0.05, 0) is 18.6 Å². The third kappa shape index (κ3) is 4.85. The Morgan fingerprint density at radius 3 is 2.24 bits per heavy atom. The summed E-state index contributed by atoms with van der Waals surface area (Å²) in [7, 11) is -3.13. The maximum Gasteiger partial charge on any atom is 0.290 e. The first-order valence-corrected chi connectivity index (χ1v) is 12.7. The number of fused-ring (bicyclic) bond motifs is 1. The molecule has 1 aromatic heterocycles. The van der Waals surface area contributed by atoms with E-state index in [0.29, 0.717) is 16.3 Å². The molecule has 10 nitrogen and oxygen atoms in total. The minimum atomic E-state index is -3.13. The largest absolute Gasteiger partial charge is 0.290 e. The number of amides is 2. The molecule has 1 unspecified atom stereocenters. The highest BCUT2D eigenvalue weighted by atomic mass is 32.2. The van der Waals surface area contributed by atoms with Crippen LogP contribution in [0.5, 0.6) is 0 Å². The third-order valence-electron chi connectivity index (χ3n) is 5.79. The van der Waals surface area contributed by atoms with Gasteiger partial charge >= 0.3 is 0 Å². The van der Waals surface area contributed by atoms with Gasteiger partial charge in [-0.15, -0.1) is 0 Å². The predicted octanol–water partition coefficient (Wildman–Crippen LogP) is 0.649. The van der Waals surface area contributed by atoms with Gasteiger partial charge in [-0.1, -0.05) is 48.5 Å². The molecule has 2 aromatic carbocycles. The van der Waals surface area contributed by atoms with Gasteiger partial charge in [0.2, 0.25) is 0 Å². The van der Waals surface area contributed by atoms with Crippen LogP contribution in [0.1, 0.15) is 29.0 Å². The zero-order valence-electron chi connectivity index (χ0n) is 18.6. The molecule has 4 rings (SSSR count). The van der Waals surface area contributed by atoms with Crippen LogP contribution in [0.4, 0.5) is 0 Å². The van der Waals surface area contributed by atoms with Crippen LogP contribution < -0.4 is 16.4 Å². The van der Waals surface area contributed by atoms with Gasteiger partial charge in [-0.2, -0.15) is 5.10 Å². The first-order valence-electron chi connectivity index (χ1n) is 10.9. The topological polar surface area (TPSA) is 130 Å². The van der Waals surface area contributed by atoms with E-state index in [1.54, 1.807) is 60.4 Å². The average molecular weight is 484 g/mol. The molecule has 178 valence electrons. The van der Waals surface area contributed by atoms with Gasteiger partial charge in [0.15, 0.2) is 15.5 Å². The van der Waals surface area contributed by atoms with Crippen molar-refractivity contribution in [1.29, 1.82) is 0 Å². The summed E-state index contributed by atoms with van der Waals surface area (Å²) < 4.78 is 24.9. The Bertz CT molecular complexity index is 1370. The summed E-state index contributed by atoms with van der Waals surface area (Å²) >= 11 is 0. The lowest BCUT2D eigenvalue weighted by molar-refractivity contribution is -0.127. The SMILES string of the molecule is CCn1nc(C(=O)NNC(=O)C(c2ccccc2)N2CCS(=O)(=O)CC2)c2ccccc2c1=O. The van der Waals surface area contributed by atoms with Crippen LogP contribution in [0.15, 0.2) is 59.4 Å². The highest BCUT2D eigenvalue weighted by Crippen LogP contribution is 2.23. The molecule has 11 heteroatoms. The molecule has 1 aliphatic rings. The lowest BCUT2D eigenvalue weighted by atomic mass is 10.0. The van der Waals surface area contributed by atoms with Gasteiger partial charge in [0, 0.05) is 25.0 Å². The van der Waals surface area contributed by atoms with E-state index >= 15 is 0 Å². The van der Waals surface area contributed by atoms with Gasteiger partial charge in [0.1, 0.15) is 6.04 Å². The molecule has 34 heavy (non-hydrogen) atoms. The molecule has 0 bridgehead atoms. The lowest BCUT2D eigenvalue weighted by Crippen LogP contribution is -2.51. The maximum absolute atomic E-state index is 13.2. The molecule has 1 saturated heterocycles. The van der Waals surface area contributed by atoms with Crippen molar-refractivity contribution in [1.82, 2.24) is 25.5 Å². The lowest BCUT2D eigenvalue weighted by Gasteiger charge is -2.33. The van der Waals surface area contributed by atoms with E-state index in [1.165, 1.54) is 4.68 Å². The quantitative estimate of drug-likeness (QED) is 0.510. The van der Waals surface area contributed by atoms with Crippen molar-refractivity contribution in [2.24, 2.45) is 0 Å². The van der Waals surface area contributed by atoms with Crippen LogP contribution in [-0.2, 0) is 21.2 Å². The number of benzene rings is 2. The van der Waals surface area contributed by atoms with Crippen LogP contribution in [0.2, 0.25) is 0 Å². The van der Waals surface area contributed by atoms with Crippen LogP contribution in [0.3, 0.4) is 0 Å². The van der Waals surface area contributed by atoms with E-state index in [0.717, 1.165) is 0 Å². The fourth-order valence-corrected chi connectivity index (χ4v) is 5.24. The number of hydrogen-bond acceptors (Lipinski definition) is 7.